The van der Waals surface area contributed by atoms with Crippen LogP contribution in [-0.4, -0.2) is 28.2 Å². The number of aromatic nitrogens is 4. The van der Waals surface area contributed by atoms with Gasteiger partial charge in [-0.3, -0.25) is 4.57 Å². The molecule has 0 atom stereocenters. The van der Waals surface area contributed by atoms with Crippen molar-refractivity contribution in [2.75, 3.05) is 0 Å². The maximum atomic E-state index is 12.8. The van der Waals surface area contributed by atoms with E-state index in [0.29, 0.717) is 5.69 Å². The maximum Gasteiger partial charge on any atom is 0.296 e. The fourth-order valence-electron chi connectivity index (χ4n) is 1.79. The summed E-state index contributed by atoms with van der Waals surface area (Å²) < 4.78 is 37.2. The highest BCUT2D eigenvalue weighted by molar-refractivity contribution is 8.13. The van der Waals surface area contributed by atoms with Crippen molar-refractivity contribution >= 4 is 19.7 Å². The predicted molar refractivity (Wildman–Crippen MR) is 64.5 cm³/mol. The number of hydrogen-bond acceptors (Lipinski definition) is 5. The first-order valence-electron chi connectivity index (χ1n) is 5.48. The molecule has 1 aliphatic carbocycles. The van der Waals surface area contributed by atoms with Gasteiger partial charge in [0.15, 0.2) is 5.82 Å². The summed E-state index contributed by atoms with van der Waals surface area (Å²) in [5.41, 5.74) is 0.354. The van der Waals surface area contributed by atoms with E-state index in [1.807, 2.05) is 0 Å². The lowest BCUT2D eigenvalue weighted by Crippen LogP contribution is -2.06. The van der Waals surface area contributed by atoms with E-state index in [-0.39, 0.29) is 17.0 Å². The zero-order valence-corrected chi connectivity index (χ0v) is 11.1. The van der Waals surface area contributed by atoms with Crippen LogP contribution >= 0.6 is 10.7 Å². The quantitative estimate of drug-likeness (QED) is 0.807. The van der Waals surface area contributed by atoms with E-state index in [9.17, 15) is 12.8 Å². The second kappa shape index (κ2) is 4.24. The Morgan fingerprint density at radius 1 is 1.32 bits per heavy atom. The van der Waals surface area contributed by atoms with Crippen molar-refractivity contribution in [1.29, 1.82) is 0 Å². The van der Waals surface area contributed by atoms with Crippen molar-refractivity contribution < 1.29 is 12.8 Å². The molecule has 0 amide bonds. The fourth-order valence-corrected chi connectivity index (χ4v) is 2.71. The van der Waals surface area contributed by atoms with Gasteiger partial charge in [-0.05, 0) is 25.0 Å². The van der Waals surface area contributed by atoms with Crippen molar-refractivity contribution in [3.05, 3.63) is 24.1 Å². The molecule has 0 radical (unpaired) electrons. The van der Waals surface area contributed by atoms with Crippen LogP contribution in [0.1, 0.15) is 18.9 Å². The molecule has 6 nitrogen and oxygen atoms in total. The lowest BCUT2D eigenvalue weighted by molar-refractivity contribution is 0.578. The fraction of sp³-hybridized carbons (Fsp3) is 0.300. The summed E-state index contributed by atoms with van der Waals surface area (Å²) in [4.78, 5) is 3.88. The monoisotopic (exact) mass is 302 g/mol. The highest BCUT2D eigenvalue weighted by Crippen LogP contribution is 2.40. The molecule has 100 valence electrons. The Balaban J connectivity index is 2.17. The standard InChI is InChI=1S/C10H8ClFN4O2S/c11-19(17,18)10-15-14-9(16(10)7-2-3-7)8-4-1-6(12)5-13-8/h1,4-5,7H,2-3H2. The minimum absolute atomic E-state index is 0.000350. The van der Waals surface area contributed by atoms with E-state index in [1.54, 1.807) is 0 Å². The Labute approximate surface area is 112 Å². The summed E-state index contributed by atoms with van der Waals surface area (Å²) in [5.74, 6) is -0.201. The molecule has 3 rings (SSSR count). The summed E-state index contributed by atoms with van der Waals surface area (Å²) in [6.45, 7) is 0. The Bertz CT molecular complexity index is 724. The highest BCUT2D eigenvalue weighted by atomic mass is 35.7. The molecule has 0 spiro atoms. The third-order valence-corrected chi connectivity index (χ3v) is 3.88. The first-order valence-corrected chi connectivity index (χ1v) is 7.79. The average molecular weight is 303 g/mol. The van der Waals surface area contributed by atoms with Gasteiger partial charge in [0.05, 0.1) is 6.20 Å². The number of hydrogen-bond donors (Lipinski definition) is 0. The van der Waals surface area contributed by atoms with E-state index in [1.165, 1.54) is 16.7 Å². The van der Waals surface area contributed by atoms with Gasteiger partial charge in [-0.2, -0.15) is 0 Å². The molecule has 2 heterocycles. The zero-order chi connectivity index (χ0) is 13.6. The average Bonchev–Trinajstić information content (AvgIpc) is 3.07. The van der Waals surface area contributed by atoms with E-state index in [0.717, 1.165) is 19.0 Å². The first-order chi connectivity index (χ1) is 8.97. The molecular formula is C10H8ClFN4O2S. The van der Waals surface area contributed by atoms with Crippen LogP contribution < -0.4 is 0 Å². The number of pyridine rings is 1. The topological polar surface area (TPSA) is 77.7 Å². The van der Waals surface area contributed by atoms with Gasteiger partial charge in [0.2, 0.25) is 0 Å². The van der Waals surface area contributed by atoms with Crippen LogP contribution in [0.2, 0.25) is 0 Å². The van der Waals surface area contributed by atoms with Gasteiger partial charge >= 0.3 is 0 Å². The van der Waals surface area contributed by atoms with Gasteiger partial charge in [-0.1, -0.05) is 0 Å². The number of rotatable bonds is 3. The normalized spacial score (nSPS) is 15.7. The van der Waals surface area contributed by atoms with Crippen LogP contribution in [-0.2, 0) is 9.05 Å². The van der Waals surface area contributed by atoms with Gasteiger partial charge in [0, 0.05) is 16.7 Å². The summed E-state index contributed by atoms with van der Waals surface area (Å²) in [6.07, 6.45) is 2.69. The Hall–Kier alpha value is -1.54. The van der Waals surface area contributed by atoms with Crippen molar-refractivity contribution in [3.8, 4) is 11.5 Å². The molecule has 2 aromatic rings. The van der Waals surface area contributed by atoms with Gasteiger partial charge in [-0.15, -0.1) is 10.2 Å². The Morgan fingerprint density at radius 3 is 2.58 bits per heavy atom. The lowest BCUT2D eigenvalue weighted by atomic mass is 10.3. The minimum Gasteiger partial charge on any atom is -0.292 e. The molecule has 0 bridgehead atoms. The van der Waals surface area contributed by atoms with Crippen LogP contribution in [0.4, 0.5) is 4.39 Å². The molecule has 1 saturated carbocycles. The largest absolute Gasteiger partial charge is 0.296 e. The minimum atomic E-state index is -3.97. The molecule has 0 unspecified atom stereocenters. The van der Waals surface area contributed by atoms with Crippen molar-refractivity contribution in [3.63, 3.8) is 0 Å². The van der Waals surface area contributed by atoms with Crippen LogP contribution in [0.15, 0.2) is 23.5 Å². The molecule has 19 heavy (non-hydrogen) atoms. The summed E-state index contributed by atoms with van der Waals surface area (Å²) >= 11 is 0. The lowest BCUT2D eigenvalue weighted by Gasteiger charge is -2.06. The molecule has 1 aliphatic rings. The van der Waals surface area contributed by atoms with Crippen LogP contribution in [0, 0.1) is 5.82 Å². The van der Waals surface area contributed by atoms with Gasteiger partial charge in [0.25, 0.3) is 14.2 Å². The van der Waals surface area contributed by atoms with Crippen molar-refractivity contribution in [1.82, 2.24) is 19.7 Å². The third kappa shape index (κ3) is 2.33. The van der Waals surface area contributed by atoms with E-state index < -0.39 is 14.9 Å². The molecule has 0 aliphatic heterocycles. The molecule has 0 N–H and O–H groups in total. The van der Waals surface area contributed by atoms with Gasteiger partial charge in [0.1, 0.15) is 11.5 Å². The van der Waals surface area contributed by atoms with Gasteiger partial charge < -0.3 is 0 Å². The van der Waals surface area contributed by atoms with Crippen molar-refractivity contribution in [2.45, 2.75) is 24.0 Å². The molecule has 9 heteroatoms. The predicted octanol–water partition coefficient (Wildman–Crippen LogP) is 1.74. The molecule has 0 saturated heterocycles. The summed E-state index contributed by atoms with van der Waals surface area (Å²) in [5, 5.41) is 7.12. The molecule has 0 aromatic carbocycles. The van der Waals surface area contributed by atoms with E-state index >= 15 is 0 Å². The highest BCUT2D eigenvalue weighted by Gasteiger charge is 2.34. The maximum absolute atomic E-state index is 12.8. The second-order valence-corrected chi connectivity index (χ2v) is 6.67. The number of halogens is 2. The molecular weight excluding hydrogens is 295 g/mol. The summed E-state index contributed by atoms with van der Waals surface area (Å²) in [6, 6.07) is 2.65. The smallest absolute Gasteiger partial charge is 0.292 e. The van der Waals surface area contributed by atoms with Crippen molar-refractivity contribution in [2.24, 2.45) is 0 Å². The SMILES string of the molecule is O=S(=O)(Cl)c1nnc(-c2ccc(F)cn2)n1C1CC1. The molecule has 1 fully saturated rings. The Kier molecular flexibility index (Phi) is 2.79. The number of nitrogens with zero attached hydrogens (tertiary/aromatic N) is 4. The van der Waals surface area contributed by atoms with Crippen LogP contribution in [0.5, 0.6) is 0 Å². The third-order valence-electron chi connectivity index (χ3n) is 2.75. The van der Waals surface area contributed by atoms with Gasteiger partial charge in [-0.25, -0.2) is 17.8 Å². The van der Waals surface area contributed by atoms with E-state index in [4.69, 9.17) is 10.7 Å². The molecule has 2 aromatic heterocycles. The van der Waals surface area contributed by atoms with Crippen LogP contribution in [0.3, 0.4) is 0 Å². The zero-order valence-electron chi connectivity index (χ0n) is 9.49. The van der Waals surface area contributed by atoms with E-state index in [2.05, 4.69) is 15.2 Å². The Morgan fingerprint density at radius 2 is 2.05 bits per heavy atom. The van der Waals surface area contributed by atoms with Crippen LogP contribution in [0.25, 0.3) is 11.5 Å². The second-order valence-electron chi connectivity index (χ2n) is 4.21. The summed E-state index contributed by atoms with van der Waals surface area (Å²) in [7, 11) is 1.36. The first kappa shape index (κ1) is 12.5.